The summed E-state index contributed by atoms with van der Waals surface area (Å²) in [6.07, 6.45) is 5.28. The van der Waals surface area contributed by atoms with Crippen LogP contribution in [0.1, 0.15) is 41.4 Å². The van der Waals surface area contributed by atoms with Gasteiger partial charge in [0, 0.05) is 25.8 Å². The number of aromatic nitrogens is 1. The first-order valence-electron chi connectivity index (χ1n) is 6.56. The summed E-state index contributed by atoms with van der Waals surface area (Å²) in [7, 11) is 0. The van der Waals surface area contributed by atoms with Crippen LogP contribution in [0.4, 0.5) is 0 Å². The van der Waals surface area contributed by atoms with Crippen LogP contribution in [0.25, 0.3) is 0 Å². The van der Waals surface area contributed by atoms with Crippen LogP contribution < -0.4 is 5.73 Å². The number of hydrogen-bond acceptors (Lipinski definition) is 3. The highest BCUT2D eigenvalue weighted by molar-refractivity contribution is 5.92. The number of nitrogens with zero attached hydrogens (tertiary/aromatic N) is 2. The van der Waals surface area contributed by atoms with E-state index in [-0.39, 0.29) is 0 Å². The Morgan fingerprint density at radius 1 is 1.56 bits per heavy atom. The molecule has 1 aliphatic carbocycles. The van der Waals surface area contributed by atoms with Crippen LogP contribution in [0.15, 0.2) is 12.3 Å². The Morgan fingerprint density at radius 2 is 2.33 bits per heavy atom. The molecule has 2 heterocycles. The van der Waals surface area contributed by atoms with Gasteiger partial charge in [0.2, 0.25) is 5.91 Å². The molecule has 0 aromatic carbocycles. The van der Waals surface area contributed by atoms with Gasteiger partial charge in [-0.3, -0.25) is 14.7 Å². The molecule has 96 valence electrons. The van der Waals surface area contributed by atoms with Crippen molar-refractivity contribution in [2.24, 2.45) is 11.1 Å². The number of amides is 1. The number of carbonyl (C=O) groups excluding carboxylic acids is 1. The Balaban J connectivity index is 1.75. The van der Waals surface area contributed by atoms with Crippen molar-refractivity contribution in [2.75, 3.05) is 13.1 Å². The van der Waals surface area contributed by atoms with E-state index in [2.05, 4.69) is 16.8 Å². The van der Waals surface area contributed by atoms with E-state index >= 15 is 0 Å². The van der Waals surface area contributed by atoms with E-state index in [1.807, 2.05) is 6.07 Å². The maximum absolute atomic E-state index is 11.1. The van der Waals surface area contributed by atoms with Crippen molar-refractivity contribution in [3.63, 3.8) is 0 Å². The molecule has 4 nitrogen and oxygen atoms in total. The van der Waals surface area contributed by atoms with Crippen LogP contribution in [0.5, 0.6) is 0 Å². The Bertz CT molecular complexity index is 494. The number of pyridine rings is 1. The molecule has 1 aromatic rings. The van der Waals surface area contributed by atoms with Crippen LogP contribution in [0.3, 0.4) is 0 Å². The summed E-state index contributed by atoms with van der Waals surface area (Å²) in [5.74, 6) is -0.391. The smallest absolute Gasteiger partial charge is 0.250 e. The molecule has 2 aliphatic rings. The Labute approximate surface area is 107 Å². The fraction of sp³-hybridized carbons (Fsp3) is 0.571. The van der Waals surface area contributed by atoms with E-state index in [0.717, 1.165) is 25.2 Å². The average Bonchev–Trinajstić information content (AvgIpc) is 3.06. The number of primary amides is 1. The number of nitrogens with two attached hydrogens (primary N) is 1. The molecule has 1 fully saturated rings. The molecule has 0 bridgehead atoms. The van der Waals surface area contributed by atoms with Gasteiger partial charge in [-0.2, -0.15) is 0 Å². The fourth-order valence-electron chi connectivity index (χ4n) is 2.65. The van der Waals surface area contributed by atoms with Crippen molar-refractivity contribution in [1.29, 1.82) is 0 Å². The molecule has 0 unspecified atom stereocenters. The quantitative estimate of drug-likeness (QED) is 0.874. The van der Waals surface area contributed by atoms with E-state index in [4.69, 9.17) is 5.73 Å². The van der Waals surface area contributed by atoms with Crippen molar-refractivity contribution in [3.8, 4) is 0 Å². The molecule has 4 heteroatoms. The van der Waals surface area contributed by atoms with Crippen LogP contribution in [0, 0.1) is 5.41 Å². The highest BCUT2D eigenvalue weighted by atomic mass is 16.1. The third-order valence-corrected chi connectivity index (χ3v) is 4.12. The van der Waals surface area contributed by atoms with Gasteiger partial charge < -0.3 is 5.73 Å². The molecule has 0 spiro atoms. The molecule has 3 rings (SSSR count). The molecule has 1 saturated carbocycles. The van der Waals surface area contributed by atoms with Gasteiger partial charge in [-0.1, -0.05) is 6.92 Å². The summed E-state index contributed by atoms with van der Waals surface area (Å²) in [5, 5.41) is 0. The molecule has 0 radical (unpaired) electrons. The lowest BCUT2D eigenvalue weighted by Gasteiger charge is -2.30. The van der Waals surface area contributed by atoms with Gasteiger partial charge in [0.05, 0.1) is 11.3 Å². The van der Waals surface area contributed by atoms with E-state index in [1.165, 1.54) is 24.9 Å². The van der Waals surface area contributed by atoms with Crippen molar-refractivity contribution >= 4 is 5.91 Å². The fourth-order valence-corrected chi connectivity index (χ4v) is 2.65. The first kappa shape index (κ1) is 11.7. The zero-order chi connectivity index (χ0) is 12.8. The summed E-state index contributed by atoms with van der Waals surface area (Å²) < 4.78 is 0. The maximum Gasteiger partial charge on any atom is 0.250 e. The largest absolute Gasteiger partial charge is 0.366 e. The minimum atomic E-state index is -0.391. The summed E-state index contributed by atoms with van der Waals surface area (Å²) in [6, 6.07) is 1.90. The van der Waals surface area contributed by atoms with Crippen LogP contribution in [0.2, 0.25) is 0 Å². The molecule has 1 aromatic heterocycles. The second-order valence-corrected chi connectivity index (χ2v) is 5.97. The second kappa shape index (κ2) is 4.05. The summed E-state index contributed by atoms with van der Waals surface area (Å²) >= 11 is 0. The minimum Gasteiger partial charge on any atom is -0.366 e. The summed E-state index contributed by atoms with van der Waals surface area (Å²) in [5.41, 5.74) is 8.64. The zero-order valence-corrected chi connectivity index (χ0v) is 10.8. The first-order valence-corrected chi connectivity index (χ1v) is 6.56. The third-order valence-electron chi connectivity index (χ3n) is 4.12. The topological polar surface area (TPSA) is 59.2 Å². The Morgan fingerprint density at radius 3 is 3.00 bits per heavy atom. The van der Waals surface area contributed by atoms with Gasteiger partial charge >= 0.3 is 0 Å². The number of hydrogen-bond donors (Lipinski definition) is 1. The summed E-state index contributed by atoms with van der Waals surface area (Å²) in [6.45, 7) is 5.49. The lowest BCUT2D eigenvalue weighted by Crippen LogP contribution is -2.35. The summed E-state index contributed by atoms with van der Waals surface area (Å²) in [4.78, 5) is 18.0. The molecule has 18 heavy (non-hydrogen) atoms. The van der Waals surface area contributed by atoms with Crippen LogP contribution in [-0.2, 0) is 13.0 Å². The van der Waals surface area contributed by atoms with E-state index in [1.54, 1.807) is 6.20 Å². The van der Waals surface area contributed by atoms with E-state index < -0.39 is 5.91 Å². The first-order chi connectivity index (χ1) is 8.56. The van der Waals surface area contributed by atoms with Crippen molar-refractivity contribution < 1.29 is 4.79 Å². The predicted octanol–water partition coefficient (Wildman–Crippen LogP) is 1.34. The SMILES string of the molecule is CC1(CN2CCc3cc(C(N)=O)cnc3C2)CC1. The highest BCUT2D eigenvalue weighted by Gasteiger charge is 2.39. The van der Waals surface area contributed by atoms with Crippen LogP contribution >= 0.6 is 0 Å². The Hall–Kier alpha value is -1.42. The van der Waals surface area contributed by atoms with Gasteiger partial charge in [0.25, 0.3) is 0 Å². The van der Waals surface area contributed by atoms with Crippen molar-refractivity contribution in [2.45, 2.75) is 32.7 Å². The van der Waals surface area contributed by atoms with E-state index in [9.17, 15) is 4.79 Å². The molecule has 1 aliphatic heterocycles. The minimum absolute atomic E-state index is 0.391. The molecular weight excluding hydrogens is 226 g/mol. The van der Waals surface area contributed by atoms with E-state index in [0.29, 0.717) is 11.0 Å². The lowest BCUT2D eigenvalue weighted by atomic mass is 10.0. The average molecular weight is 245 g/mol. The third kappa shape index (κ3) is 2.25. The van der Waals surface area contributed by atoms with Crippen molar-refractivity contribution in [3.05, 3.63) is 29.1 Å². The van der Waals surface area contributed by atoms with Gasteiger partial charge in [-0.15, -0.1) is 0 Å². The monoisotopic (exact) mass is 245 g/mol. The number of rotatable bonds is 3. The molecule has 2 N–H and O–H groups in total. The van der Waals surface area contributed by atoms with Gasteiger partial charge in [-0.25, -0.2) is 0 Å². The number of carbonyl (C=O) groups is 1. The van der Waals surface area contributed by atoms with Gasteiger partial charge in [0.15, 0.2) is 0 Å². The van der Waals surface area contributed by atoms with Crippen LogP contribution in [-0.4, -0.2) is 28.9 Å². The highest BCUT2D eigenvalue weighted by Crippen LogP contribution is 2.45. The van der Waals surface area contributed by atoms with Gasteiger partial charge in [0.1, 0.15) is 0 Å². The van der Waals surface area contributed by atoms with Gasteiger partial charge in [-0.05, 0) is 36.3 Å². The number of fused-ring (bicyclic) bond motifs is 1. The lowest BCUT2D eigenvalue weighted by molar-refractivity contribution is 0.0999. The zero-order valence-electron chi connectivity index (χ0n) is 10.8. The standard InChI is InChI=1S/C14H19N3O/c1-14(3-4-14)9-17-5-2-10-6-11(13(15)18)7-16-12(10)8-17/h6-7H,2-5,8-9H2,1H3,(H2,15,18). The normalized spacial score (nSPS) is 21.4. The molecular formula is C14H19N3O. The second-order valence-electron chi connectivity index (χ2n) is 5.97. The molecule has 0 atom stereocenters. The molecule has 0 saturated heterocycles. The Kier molecular flexibility index (Phi) is 2.63. The van der Waals surface area contributed by atoms with Crippen molar-refractivity contribution in [1.82, 2.24) is 9.88 Å². The maximum atomic E-state index is 11.1. The molecule has 1 amide bonds. The predicted molar refractivity (Wildman–Crippen MR) is 69.1 cm³/mol.